The van der Waals surface area contributed by atoms with Crippen molar-refractivity contribution in [2.24, 2.45) is 0 Å². The van der Waals surface area contributed by atoms with E-state index >= 15 is 0 Å². The molecule has 2 nitrogen and oxygen atoms in total. The molecule has 290 valence electrons. The predicted octanol–water partition coefficient (Wildman–Crippen LogP) is 17.2. The maximum Gasteiger partial charge on any atom is 0.136 e. The zero-order chi connectivity index (χ0) is 41.0. The van der Waals surface area contributed by atoms with E-state index in [1.54, 1.807) is 0 Å². The fourth-order valence-corrected chi connectivity index (χ4v) is 9.33. The van der Waals surface area contributed by atoms with E-state index in [-0.39, 0.29) is 0 Å². The van der Waals surface area contributed by atoms with Gasteiger partial charge in [-0.25, -0.2) is 0 Å². The van der Waals surface area contributed by atoms with Crippen LogP contribution in [0.1, 0.15) is 0 Å². The fourth-order valence-electron chi connectivity index (χ4n) is 9.33. The number of benzene rings is 11. The van der Waals surface area contributed by atoms with E-state index in [1.807, 2.05) is 12.1 Å². The van der Waals surface area contributed by atoms with Gasteiger partial charge in [-0.1, -0.05) is 176 Å². The summed E-state index contributed by atoms with van der Waals surface area (Å²) in [6.07, 6.45) is 0. The highest BCUT2D eigenvalue weighted by Crippen LogP contribution is 2.43. The molecule has 0 radical (unpaired) electrons. The second-order valence-corrected chi connectivity index (χ2v) is 16.1. The Morgan fingerprint density at radius 3 is 1.45 bits per heavy atom. The number of rotatable bonds is 7. The number of nitrogens with zero attached hydrogens (tertiary/aromatic N) is 1. The molecule has 2 heteroatoms. The topological polar surface area (TPSA) is 16.4 Å². The van der Waals surface area contributed by atoms with E-state index in [9.17, 15) is 0 Å². The molecule has 62 heavy (non-hydrogen) atoms. The summed E-state index contributed by atoms with van der Waals surface area (Å²) in [5.74, 6) is 0. The van der Waals surface area contributed by atoms with Crippen LogP contribution in [-0.2, 0) is 0 Å². The standard InChI is InChI=1S/C60H39NO/c1-2-13-45-35-48(33-29-40(45)11-1)42-27-25-41(26-28-42)46-14-7-17-51(36-46)61(53-19-9-16-50(38-53)55-22-10-24-59-60(55)56-21-5-6-23-58(56)62-59)52-18-8-15-47(37-52)49-34-32-44-31-30-43-12-3-4-20-54(43)57(44)39-49/h1-39H. The average molecular weight is 790 g/mol. The van der Waals surface area contributed by atoms with Crippen molar-refractivity contribution in [2.75, 3.05) is 4.90 Å². The van der Waals surface area contributed by atoms with Crippen LogP contribution in [0.15, 0.2) is 241 Å². The monoisotopic (exact) mass is 789 g/mol. The van der Waals surface area contributed by atoms with Gasteiger partial charge in [-0.2, -0.15) is 0 Å². The first-order valence-corrected chi connectivity index (χ1v) is 21.2. The number of anilines is 3. The highest BCUT2D eigenvalue weighted by Gasteiger charge is 2.18. The molecule has 0 aliphatic heterocycles. The summed E-state index contributed by atoms with van der Waals surface area (Å²) in [5.41, 5.74) is 14.4. The third-order valence-electron chi connectivity index (χ3n) is 12.4. The largest absolute Gasteiger partial charge is 0.456 e. The highest BCUT2D eigenvalue weighted by atomic mass is 16.3. The molecule has 0 spiro atoms. The Kier molecular flexibility index (Phi) is 8.53. The van der Waals surface area contributed by atoms with Crippen molar-refractivity contribution in [1.29, 1.82) is 0 Å². The number of hydrogen-bond acceptors (Lipinski definition) is 2. The van der Waals surface area contributed by atoms with Gasteiger partial charge in [0.2, 0.25) is 0 Å². The normalized spacial score (nSPS) is 11.5. The van der Waals surface area contributed by atoms with Crippen LogP contribution in [0, 0.1) is 0 Å². The quantitative estimate of drug-likeness (QED) is 0.150. The molecule has 0 saturated heterocycles. The van der Waals surface area contributed by atoms with Gasteiger partial charge in [0.1, 0.15) is 11.2 Å². The zero-order valence-electron chi connectivity index (χ0n) is 33.9. The van der Waals surface area contributed by atoms with Crippen LogP contribution in [-0.4, -0.2) is 0 Å². The Balaban J connectivity index is 0.983. The molecular formula is C60H39NO. The second kappa shape index (κ2) is 14.8. The SMILES string of the molecule is c1cc(-c2ccc(-c3ccc4ccccc4c3)cc2)cc(N(c2cccc(-c3ccc4ccc5ccccc5c4c3)c2)c2cccc(-c3cccc4oc5ccccc5c34)c2)c1. The lowest BCUT2D eigenvalue weighted by atomic mass is 9.96. The first-order valence-electron chi connectivity index (χ1n) is 21.2. The molecule has 0 saturated carbocycles. The minimum atomic E-state index is 0.890. The van der Waals surface area contributed by atoms with E-state index in [2.05, 4.69) is 229 Å². The van der Waals surface area contributed by atoms with Gasteiger partial charge in [-0.05, 0) is 137 Å². The summed E-state index contributed by atoms with van der Waals surface area (Å²) in [6, 6.07) is 85.6. The summed E-state index contributed by atoms with van der Waals surface area (Å²) < 4.78 is 6.33. The van der Waals surface area contributed by atoms with Crippen LogP contribution in [0.5, 0.6) is 0 Å². The Morgan fingerprint density at radius 1 is 0.258 bits per heavy atom. The number of hydrogen-bond donors (Lipinski definition) is 0. The molecule has 0 aliphatic carbocycles. The lowest BCUT2D eigenvalue weighted by Crippen LogP contribution is -2.10. The molecule has 0 bridgehead atoms. The first kappa shape index (κ1) is 35.7. The third kappa shape index (κ3) is 6.29. The van der Waals surface area contributed by atoms with E-state index in [4.69, 9.17) is 4.42 Å². The summed E-state index contributed by atoms with van der Waals surface area (Å²) >= 11 is 0. The van der Waals surface area contributed by atoms with Crippen molar-refractivity contribution >= 4 is 71.3 Å². The molecule has 0 atom stereocenters. The van der Waals surface area contributed by atoms with Crippen molar-refractivity contribution < 1.29 is 4.42 Å². The Hall–Kier alpha value is -8.20. The number of furan rings is 1. The van der Waals surface area contributed by atoms with Crippen molar-refractivity contribution in [3.8, 4) is 44.5 Å². The van der Waals surface area contributed by atoms with Crippen molar-refractivity contribution in [3.63, 3.8) is 0 Å². The number of para-hydroxylation sites is 1. The van der Waals surface area contributed by atoms with Crippen LogP contribution >= 0.6 is 0 Å². The van der Waals surface area contributed by atoms with Crippen LogP contribution in [0.4, 0.5) is 17.1 Å². The summed E-state index contributed by atoms with van der Waals surface area (Å²) in [6.45, 7) is 0. The number of fused-ring (bicyclic) bond motifs is 7. The molecule has 1 aromatic heterocycles. The van der Waals surface area contributed by atoms with Crippen LogP contribution < -0.4 is 4.90 Å². The lowest BCUT2D eigenvalue weighted by Gasteiger charge is -2.27. The molecule has 0 N–H and O–H groups in total. The van der Waals surface area contributed by atoms with Gasteiger partial charge in [-0.15, -0.1) is 0 Å². The van der Waals surface area contributed by atoms with Crippen LogP contribution in [0.3, 0.4) is 0 Å². The Morgan fingerprint density at radius 2 is 0.726 bits per heavy atom. The van der Waals surface area contributed by atoms with Crippen molar-refractivity contribution in [3.05, 3.63) is 237 Å². The molecule has 1 heterocycles. The summed E-state index contributed by atoms with van der Waals surface area (Å²) in [5, 5.41) is 9.77. The molecule has 0 unspecified atom stereocenters. The summed E-state index contributed by atoms with van der Waals surface area (Å²) in [7, 11) is 0. The molecule has 12 rings (SSSR count). The summed E-state index contributed by atoms with van der Waals surface area (Å²) in [4.78, 5) is 2.39. The second-order valence-electron chi connectivity index (χ2n) is 16.1. The highest BCUT2D eigenvalue weighted by molar-refractivity contribution is 6.13. The zero-order valence-corrected chi connectivity index (χ0v) is 33.9. The average Bonchev–Trinajstić information content (AvgIpc) is 3.73. The van der Waals surface area contributed by atoms with Gasteiger partial charge in [0.15, 0.2) is 0 Å². The lowest BCUT2D eigenvalue weighted by molar-refractivity contribution is 0.669. The van der Waals surface area contributed by atoms with E-state index < -0.39 is 0 Å². The van der Waals surface area contributed by atoms with Gasteiger partial charge < -0.3 is 9.32 Å². The predicted molar refractivity (Wildman–Crippen MR) is 263 cm³/mol. The molecule has 0 amide bonds. The minimum Gasteiger partial charge on any atom is -0.456 e. The molecule has 0 aliphatic rings. The fraction of sp³-hybridized carbons (Fsp3) is 0. The maximum atomic E-state index is 6.33. The minimum absolute atomic E-state index is 0.890. The van der Waals surface area contributed by atoms with Crippen molar-refractivity contribution in [2.45, 2.75) is 0 Å². The van der Waals surface area contributed by atoms with Gasteiger partial charge in [0.05, 0.1) is 0 Å². The van der Waals surface area contributed by atoms with Gasteiger partial charge in [0.25, 0.3) is 0 Å². The van der Waals surface area contributed by atoms with E-state index in [0.29, 0.717) is 0 Å². The molecular weight excluding hydrogens is 751 g/mol. The van der Waals surface area contributed by atoms with E-state index in [0.717, 1.165) is 61.3 Å². The van der Waals surface area contributed by atoms with Gasteiger partial charge in [0, 0.05) is 27.8 Å². The van der Waals surface area contributed by atoms with E-state index in [1.165, 1.54) is 54.6 Å². The van der Waals surface area contributed by atoms with Crippen molar-refractivity contribution in [1.82, 2.24) is 0 Å². The maximum absolute atomic E-state index is 6.33. The molecule has 11 aromatic carbocycles. The first-order chi connectivity index (χ1) is 30.7. The Bertz CT molecular complexity index is 3650. The smallest absolute Gasteiger partial charge is 0.136 e. The van der Waals surface area contributed by atoms with Crippen LogP contribution in [0.2, 0.25) is 0 Å². The molecule has 0 fully saturated rings. The molecule has 12 aromatic rings. The van der Waals surface area contributed by atoms with Gasteiger partial charge >= 0.3 is 0 Å². The third-order valence-corrected chi connectivity index (χ3v) is 12.4. The van der Waals surface area contributed by atoms with Gasteiger partial charge in [-0.3, -0.25) is 0 Å². The Labute approximate surface area is 360 Å². The van der Waals surface area contributed by atoms with Crippen LogP contribution in [0.25, 0.3) is 98.8 Å².